The molecule has 0 spiro atoms. The zero-order valence-corrected chi connectivity index (χ0v) is 13.5. The van der Waals surface area contributed by atoms with Crippen LogP contribution in [0.4, 0.5) is 5.69 Å². The zero-order valence-electron chi connectivity index (χ0n) is 13.5. The summed E-state index contributed by atoms with van der Waals surface area (Å²) in [6.45, 7) is 5.41. The number of hydrogen-bond acceptors (Lipinski definition) is 5. The van der Waals surface area contributed by atoms with Crippen molar-refractivity contribution in [2.75, 3.05) is 11.9 Å². The van der Waals surface area contributed by atoms with Crippen LogP contribution in [-0.2, 0) is 5.41 Å². The highest BCUT2D eigenvalue weighted by molar-refractivity contribution is 5.92. The average Bonchev–Trinajstić information content (AvgIpc) is 3.13. The standard InChI is InChI=1S/C19H16N4O/c1-19(2)10-22-14-9-16-15(8-13(14)19)23-18(24-16)12-5-7-21-17-11(12)4-3-6-20-17/h3-9,22H,10H2,1-2H3. The van der Waals surface area contributed by atoms with Crippen LogP contribution in [0.15, 0.2) is 47.1 Å². The third kappa shape index (κ3) is 1.84. The number of anilines is 1. The van der Waals surface area contributed by atoms with Crippen LogP contribution in [0.1, 0.15) is 19.4 Å². The van der Waals surface area contributed by atoms with E-state index in [0.717, 1.165) is 34.3 Å². The minimum atomic E-state index is 0.107. The van der Waals surface area contributed by atoms with Crippen LogP contribution in [0.3, 0.4) is 0 Å². The highest BCUT2D eigenvalue weighted by atomic mass is 16.3. The highest BCUT2D eigenvalue weighted by Gasteiger charge is 2.30. The van der Waals surface area contributed by atoms with Gasteiger partial charge >= 0.3 is 0 Å². The zero-order chi connectivity index (χ0) is 16.3. The van der Waals surface area contributed by atoms with E-state index in [-0.39, 0.29) is 5.41 Å². The lowest BCUT2D eigenvalue weighted by molar-refractivity contribution is 0.586. The number of nitrogens with zero attached hydrogens (tertiary/aromatic N) is 3. The molecule has 0 amide bonds. The van der Waals surface area contributed by atoms with Crippen molar-refractivity contribution in [1.29, 1.82) is 0 Å². The molecule has 1 aliphatic heterocycles. The van der Waals surface area contributed by atoms with Crippen LogP contribution >= 0.6 is 0 Å². The number of oxazole rings is 1. The van der Waals surface area contributed by atoms with E-state index < -0.39 is 0 Å². The van der Waals surface area contributed by atoms with Crippen LogP contribution in [0.25, 0.3) is 33.6 Å². The summed E-state index contributed by atoms with van der Waals surface area (Å²) in [6, 6.07) is 10.0. The predicted molar refractivity (Wildman–Crippen MR) is 94.1 cm³/mol. The SMILES string of the molecule is CC1(C)CNc2cc3oc(-c4ccnc5ncccc45)nc3cc21. The molecule has 0 aliphatic carbocycles. The Kier molecular flexibility index (Phi) is 2.55. The second kappa shape index (κ2) is 4.54. The Morgan fingerprint density at radius 1 is 1.12 bits per heavy atom. The lowest BCUT2D eigenvalue weighted by Gasteiger charge is -2.16. The normalized spacial score (nSPS) is 15.6. The number of aromatic nitrogens is 3. The van der Waals surface area contributed by atoms with E-state index in [2.05, 4.69) is 41.3 Å². The van der Waals surface area contributed by atoms with Gasteiger partial charge in [0.2, 0.25) is 5.89 Å². The first kappa shape index (κ1) is 13.5. The van der Waals surface area contributed by atoms with Crippen LogP contribution in [0.2, 0.25) is 0 Å². The molecule has 5 heteroatoms. The molecule has 4 heterocycles. The van der Waals surface area contributed by atoms with Gasteiger partial charge in [-0.3, -0.25) is 0 Å². The molecule has 5 rings (SSSR count). The first-order chi connectivity index (χ1) is 11.6. The number of benzene rings is 1. The molecule has 0 saturated heterocycles. The van der Waals surface area contributed by atoms with Gasteiger partial charge in [-0.05, 0) is 29.8 Å². The molecular weight excluding hydrogens is 300 g/mol. The van der Waals surface area contributed by atoms with Gasteiger partial charge in [0.25, 0.3) is 0 Å². The summed E-state index contributed by atoms with van der Waals surface area (Å²) in [6.07, 6.45) is 3.48. The maximum atomic E-state index is 6.05. The first-order valence-electron chi connectivity index (χ1n) is 8.01. The molecular formula is C19H16N4O. The second-order valence-corrected chi connectivity index (χ2v) is 6.86. The molecule has 0 atom stereocenters. The molecule has 118 valence electrons. The Hall–Kier alpha value is -2.95. The molecule has 1 aromatic carbocycles. The Balaban J connectivity index is 1.74. The summed E-state index contributed by atoms with van der Waals surface area (Å²) >= 11 is 0. The van der Waals surface area contributed by atoms with Gasteiger partial charge in [0.05, 0.1) is 0 Å². The number of hydrogen-bond donors (Lipinski definition) is 1. The molecule has 1 aliphatic rings. The smallest absolute Gasteiger partial charge is 0.228 e. The molecule has 1 N–H and O–H groups in total. The Labute approximate surface area is 138 Å². The molecule has 3 aromatic heterocycles. The third-order valence-electron chi connectivity index (χ3n) is 4.72. The third-order valence-corrected chi connectivity index (χ3v) is 4.72. The minimum Gasteiger partial charge on any atom is -0.436 e. The summed E-state index contributed by atoms with van der Waals surface area (Å²) in [5.41, 5.74) is 5.82. The topological polar surface area (TPSA) is 63.8 Å². The van der Waals surface area contributed by atoms with Gasteiger partial charge in [0.1, 0.15) is 5.52 Å². The minimum absolute atomic E-state index is 0.107. The Morgan fingerprint density at radius 2 is 2.00 bits per heavy atom. The molecule has 0 bridgehead atoms. The van der Waals surface area contributed by atoms with Gasteiger partial charge in [0, 0.05) is 47.1 Å². The average molecular weight is 316 g/mol. The van der Waals surface area contributed by atoms with Crippen molar-refractivity contribution >= 4 is 27.8 Å². The molecule has 0 saturated carbocycles. The molecule has 24 heavy (non-hydrogen) atoms. The Bertz CT molecular complexity index is 1090. The van der Waals surface area contributed by atoms with Crippen molar-refractivity contribution in [3.8, 4) is 11.5 Å². The fourth-order valence-corrected chi connectivity index (χ4v) is 3.38. The fraction of sp³-hybridized carbons (Fsp3) is 0.211. The van der Waals surface area contributed by atoms with Crippen LogP contribution in [-0.4, -0.2) is 21.5 Å². The number of fused-ring (bicyclic) bond motifs is 3. The van der Waals surface area contributed by atoms with E-state index in [9.17, 15) is 0 Å². The monoisotopic (exact) mass is 316 g/mol. The maximum Gasteiger partial charge on any atom is 0.228 e. The van der Waals surface area contributed by atoms with Crippen LogP contribution < -0.4 is 5.32 Å². The van der Waals surface area contributed by atoms with Crippen LogP contribution in [0.5, 0.6) is 0 Å². The molecule has 0 fully saturated rings. The molecule has 5 nitrogen and oxygen atoms in total. The van der Waals surface area contributed by atoms with Crippen molar-refractivity contribution in [3.05, 3.63) is 48.3 Å². The number of pyridine rings is 2. The second-order valence-electron chi connectivity index (χ2n) is 6.86. The van der Waals surface area contributed by atoms with E-state index in [4.69, 9.17) is 9.40 Å². The van der Waals surface area contributed by atoms with E-state index in [0.29, 0.717) is 11.5 Å². The van der Waals surface area contributed by atoms with Crippen molar-refractivity contribution < 1.29 is 4.42 Å². The van der Waals surface area contributed by atoms with E-state index in [1.54, 1.807) is 12.4 Å². The summed E-state index contributed by atoms with van der Waals surface area (Å²) in [7, 11) is 0. The lowest BCUT2D eigenvalue weighted by Crippen LogP contribution is -2.18. The van der Waals surface area contributed by atoms with Crippen LogP contribution in [0, 0.1) is 0 Å². The number of nitrogens with one attached hydrogen (secondary N) is 1. The summed E-state index contributed by atoms with van der Waals surface area (Å²) in [5.74, 6) is 0.604. The predicted octanol–water partition coefficient (Wildman–Crippen LogP) is 4.14. The van der Waals surface area contributed by atoms with Gasteiger partial charge in [-0.25, -0.2) is 15.0 Å². The molecule has 0 radical (unpaired) electrons. The molecule has 4 aromatic rings. The number of rotatable bonds is 1. The van der Waals surface area contributed by atoms with Gasteiger partial charge in [-0.1, -0.05) is 13.8 Å². The van der Waals surface area contributed by atoms with Crippen molar-refractivity contribution in [2.45, 2.75) is 19.3 Å². The van der Waals surface area contributed by atoms with Gasteiger partial charge in [0.15, 0.2) is 11.2 Å². The largest absolute Gasteiger partial charge is 0.436 e. The summed E-state index contributed by atoms with van der Waals surface area (Å²) < 4.78 is 6.05. The van der Waals surface area contributed by atoms with Gasteiger partial charge in [-0.15, -0.1) is 0 Å². The lowest BCUT2D eigenvalue weighted by atomic mass is 9.87. The maximum absolute atomic E-state index is 6.05. The quantitative estimate of drug-likeness (QED) is 0.572. The highest BCUT2D eigenvalue weighted by Crippen LogP contribution is 2.40. The van der Waals surface area contributed by atoms with Crippen molar-refractivity contribution in [3.63, 3.8) is 0 Å². The molecule has 0 unspecified atom stereocenters. The fourth-order valence-electron chi connectivity index (χ4n) is 3.38. The summed E-state index contributed by atoms with van der Waals surface area (Å²) in [4.78, 5) is 13.3. The van der Waals surface area contributed by atoms with E-state index >= 15 is 0 Å². The van der Waals surface area contributed by atoms with Gasteiger partial charge in [-0.2, -0.15) is 0 Å². The summed E-state index contributed by atoms with van der Waals surface area (Å²) in [5, 5.41) is 4.40. The van der Waals surface area contributed by atoms with Crippen molar-refractivity contribution in [2.24, 2.45) is 0 Å². The Morgan fingerprint density at radius 3 is 2.92 bits per heavy atom. The first-order valence-corrected chi connectivity index (χ1v) is 8.01. The van der Waals surface area contributed by atoms with E-state index in [1.165, 1.54) is 5.56 Å². The van der Waals surface area contributed by atoms with E-state index in [1.807, 2.05) is 18.2 Å². The van der Waals surface area contributed by atoms with Crippen molar-refractivity contribution in [1.82, 2.24) is 15.0 Å². The van der Waals surface area contributed by atoms with Gasteiger partial charge < -0.3 is 9.73 Å².